The number of hydrogen-bond acceptors (Lipinski definition) is 5. The molecular formula is C21H36O5. The van der Waals surface area contributed by atoms with E-state index in [1.807, 2.05) is 41.5 Å². The van der Waals surface area contributed by atoms with E-state index in [1.165, 1.54) is 0 Å². The molecule has 0 aromatic carbocycles. The molecule has 1 aliphatic rings. The lowest BCUT2D eigenvalue weighted by molar-refractivity contribution is -0.137. The van der Waals surface area contributed by atoms with Crippen molar-refractivity contribution in [2.45, 2.75) is 85.4 Å². The zero-order valence-corrected chi connectivity index (χ0v) is 17.1. The molecule has 2 unspecified atom stereocenters. The summed E-state index contributed by atoms with van der Waals surface area (Å²) in [6.45, 7) is 11.7. The normalized spacial score (nSPS) is 25.0. The van der Waals surface area contributed by atoms with Crippen LogP contribution in [0.25, 0.3) is 0 Å². The minimum Gasteiger partial charge on any atom is -0.508 e. The SMILES string of the molecule is CC(C)CCC1C(=O)C(C(=O)CC(C)C)=C(O)C1(O)[C@@H](O)CCC(C)C. The first-order valence-corrected chi connectivity index (χ1v) is 9.84. The van der Waals surface area contributed by atoms with Crippen LogP contribution in [0.3, 0.4) is 0 Å². The Hall–Kier alpha value is -1.20. The summed E-state index contributed by atoms with van der Waals surface area (Å²) in [5.41, 5.74) is -2.37. The van der Waals surface area contributed by atoms with Gasteiger partial charge in [0.25, 0.3) is 0 Å². The van der Waals surface area contributed by atoms with Crippen molar-refractivity contribution in [3.05, 3.63) is 11.3 Å². The zero-order valence-electron chi connectivity index (χ0n) is 17.1. The molecule has 150 valence electrons. The Labute approximate surface area is 157 Å². The molecule has 0 amide bonds. The van der Waals surface area contributed by atoms with Gasteiger partial charge in [0.2, 0.25) is 0 Å². The third kappa shape index (κ3) is 4.95. The fraction of sp³-hybridized carbons (Fsp3) is 0.810. The number of Topliss-reactive ketones (excluding diaryl/α,β-unsaturated/α-hetero) is 2. The molecular weight excluding hydrogens is 332 g/mol. The van der Waals surface area contributed by atoms with Gasteiger partial charge in [0, 0.05) is 6.42 Å². The molecule has 0 bridgehead atoms. The van der Waals surface area contributed by atoms with Crippen molar-refractivity contribution in [3.63, 3.8) is 0 Å². The molecule has 0 aromatic heterocycles. The Morgan fingerprint density at radius 3 is 2.00 bits per heavy atom. The van der Waals surface area contributed by atoms with E-state index in [0.717, 1.165) is 0 Å². The lowest BCUT2D eigenvalue weighted by Gasteiger charge is -2.34. The van der Waals surface area contributed by atoms with Gasteiger partial charge in [0.1, 0.15) is 11.3 Å². The molecule has 0 saturated heterocycles. The lowest BCUT2D eigenvalue weighted by atomic mass is 9.78. The number of carbonyl (C=O) groups is 2. The van der Waals surface area contributed by atoms with Crippen molar-refractivity contribution in [2.75, 3.05) is 0 Å². The Morgan fingerprint density at radius 1 is 1.00 bits per heavy atom. The molecule has 0 spiro atoms. The van der Waals surface area contributed by atoms with Crippen molar-refractivity contribution in [1.82, 2.24) is 0 Å². The summed E-state index contributed by atoms with van der Waals surface area (Å²) in [6, 6.07) is 0. The number of allylic oxidation sites excluding steroid dienone is 1. The van der Waals surface area contributed by atoms with Crippen molar-refractivity contribution >= 4 is 11.6 Å². The van der Waals surface area contributed by atoms with Crippen LogP contribution in [-0.2, 0) is 9.59 Å². The minimum atomic E-state index is -2.07. The van der Waals surface area contributed by atoms with Crippen molar-refractivity contribution in [1.29, 1.82) is 0 Å². The van der Waals surface area contributed by atoms with Gasteiger partial charge in [-0.1, -0.05) is 48.0 Å². The summed E-state index contributed by atoms with van der Waals surface area (Å²) in [5, 5.41) is 32.5. The third-order valence-electron chi connectivity index (χ3n) is 5.14. The Bertz CT molecular complexity index is 547. The van der Waals surface area contributed by atoms with E-state index in [-0.39, 0.29) is 24.3 Å². The van der Waals surface area contributed by atoms with Crippen LogP contribution in [0, 0.1) is 23.7 Å². The largest absolute Gasteiger partial charge is 0.508 e. The summed E-state index contributed by atoms with van der Waals surface area (Å²) in [5.74, 6) is -1.94. The monoisotopic (exact) mass is 368 g/mol. The molecule has 3 N–H and O–H groups in total. The molecule has 1 rings (SSSR count). The standard InChI is InChI=1S/C21H36O5/c1-12(2)7-9-15-19(24)18(16(22)11-14(5)6)20(25)21(15,26)17(23)10-8-13(3)4/h12-15,17,23,25-26H,7-11H2,1-6H3/t15?,17-,21?/m0/s1. The first kappa shape index (κ1) is 22.8. The topological polar surface area (TPSA) is 94.8 Å². The molecule has 5 nitrogen and oxygen atoms in total. The van der Waals surface area contributed by atoms with Gasteiger partial charge in [0.15, 0.2) is 17.2 Å². The number of carbonyl (C=O) groups excluding carboxylic acids is 2. The third-order valence-corrected chi connectivity index (χ3v) is 5.14. The maximum absolute atomic E-state index is 12.9. The highest BCUT2D eigenvalue weighted by Gasteiger charge is 2.58. The fourth-order valence-corrected chi connectivity index (χ4v) is 3.55. The van der Waals surface area contributed by atoms with E-state index < -0.39 is 34.9 Å². The molecule has 3 atom stereocenters. The van der Waals surface area contributed by atoms with Crippen molar-refractivity contribution < 1.29 is 24.9 Å². The van der Waals surface area contributed by atoms with Crippen LogP contribution in [0.2, 0.25) is 0 Å². The van der Waals surface area contributed by atoms with Crippen LogP contribution in [0.5, 0.6) is 0 Å². The fourth-order valence-electron chi connectivity index (χ4n) is 3.55. The van der Waals surface area contributed by atoms with Crippen LogP contribution in [0.15, 0.2) is 11.3 Å². The maximum Gasteiger partial charge on any atom is 0.176 e. The van der Waals surface area contributed by atoms with Crippen molar-refractivity contribution in [3.8, 4) is 0 Å². The second kappa shape index (κ2) is 9.14. The highest BCUT2D eigenvalue weighted by Crippen LogP contribution is 2.44. The highest BCUT2D eigenvalue weighted by atomic mass is 16.4. The summed E-state index contributed by atoms with van der Waals surface area (Å²) in [7, 11) is 0. The van der Waals surface area contributed by atoms with E-state index in [9.17, 15) is 24.9 Å². The number of aliphatic hydroxyl groups is 3. The van der Waals surface area contributed by atoms with Gasteiger partial charge in [-0.25, -0.2) is 0 Å². The minimum absolute atomic E-state index is 0.0317. The molecule has 0 saturated carbocycles. The molecule has 5 heteroatoms. The lowest BCUT2D eigenvalue weighted by Crippen LogP contribution is -2.49. The zero-order chi connectivity index (χ0) is 20.2. The van der Waals surface area contributed by atoms with E-state index >= 15 is 0 Å². The highest BCUT2D eigenvalue weighted by molar-refractivity contribution is 6.23. The van der Waals surface area contributed by atoms with E-state index in [1.54, 1.807) is 0 Å². The Kier molecular flexibility index (Phi) is 8.03. The predicted molar refractivity (Wildman–Crippen MR) is 102 cm³/mol. The molecule has 0 fully saturated rings. The number of ketones is 2. The van der Waals surface area contributed by atoms with E-state index in [2.05, 4.69) is 0 Å². The molecule has 0 aliphatic heterocycles. The van der Waals surface area contributed by atoms with Gasteiger partial charge >= 0.3 is 0 Å². The quantitative estimate of drug-likeness (QED) is 0.512. The molecule has 0 radical (unpaired) electrons. The first-order valence-electron chi connectivity index (χ1n) is 9.84. The van der Waals surface area contributed by atoms with Crippen molar-refractivity contribution in [2.24, 2.45) is 23.7 Å². The number of hydrogen-bond donors (Lipinski definition) is 3. The van der Waals surface area contributed by atoms with Crippen LogP contribution in [-0.4, -0.2) is 38.6 Å². The predicted octanol–water partition coefficient (Wildman–Crippen LogP) is 3.58. The number of aliphatic hydroxyl groups excluding tert-OH is 2. The van der Waals surface area contributed by atoms with E-state index in [0.29, 0.717) is 31.1 Å². The average molecular weight is 369 g/mol. The van der Waals surface area contributed by atoms with E-state index in [4.69, 9.17) is 0 Å². The molecule has 0 aromatic rings. The summed E-state index contributed by atoms with van der Waals surface area (Å²) < 4.78 is 0. The first-order chi connectivity index (χ1) is 11.9. The molecule has 0 heterocycles. The summed E-state index contributed by atoms with van der Waals surface area (Å²) in [6.07, 6.45) is 0.741. The van der Waals surface area contributed by atoms with Crippen LogP contribution < -0.4 is 0 Å². The molecule has 1 aliphatic carbocycles. The second-order valence-corrected chi connectivity index (χ2v) is 8.95. The summed E-state index contributed by atoms with van der Waals surface area (Å²) in [4.78, 5) is 25.4. The maximum atomic E-state index is 12.9. The van der Waals surface area contributed by atoms with Gasteiger partial charge < -0.3 is 15.3 Å². The Balaban J connectivity index is 3.24. The number of rotatable bonds is 10. The Morgan fingerprint density at radius 2 is 1.54 bits per heavy atom. The van der Waals surface area contributed by atoms with Gasteiger partial charge in [-0.3, -0.25) is 9.59 Å². The average Bonchev–Trinajstić information content (AvgIpc) is 2.69. The van der Waals surface area contributed by atoms with Crippen LogP contribution >= 0.6 is 0 Å². The second-order valence-electron chi connectivity index (χ2n) is 8.95. The van der Waals surface area contributed by atoms with Gasteiger partial charge in [-0.2, -0.15) is 0 Å². The smallest absolute Gasteiger partial charge is 0.176 e. The van der Waals surface area contributed by atoms with Gasteiger partial charge in [-0.15, -0.1) is 0 Å². The van der Waals surface area contributed by atoms with Gasteiger partial charge in [-0.05, 0) is 37.0 Å². The van der Waals surface area contributed by atoms with Gasteiger partial charge in [0.05, 0.1) is 12.0 Å². The molecule has 26 heavy (non-hydrogen) atoms. The van der Waals surface area contributed by atoms with Crippen LogP contribution in [0.1, 0.15) is 73.6 Å². The summed E-state index contributed by atoms with van der Waals surface area (Å²) >= 11 is 0. The van der Waals surface area contributed by atoms with Crippen LogP contribution in [0.4, 0.5) is 0 Å².